The molecule has 0 fully saturated rings. The van der Waals surface area contributed by atoms with Crippen LogP contribution in [-0.4, -0.2) is 19.9 Å². The number of aromatic nitrogens is 4. The molecule has 0 saturated carbocycles. The molecule has 1 unspecified atom stereocenters. The number of anilines is 2. The van der Waals surface area contributed by atoms with E-state index >= 15 is 0 Å². The number of benzene rings is 6. The van der Waals surface area contributed by atoms with E-state index in [1.165, 1.54) is 11.1 Å². The monoisotopic (exact) mass is 643 g/mol. The summed E-state index contributed by atoms with van der Waals surface area (Å²) in [7, 11) is 0. The summed E-state index contributed by atoms with van der Waals surface area (Å²) in [5, 5.41) is 4.49. The molecular weight excluding hydrogens is 611 g/mol. The Labute approximate surface area is 291 Å². The predicted molar refractivity (Wildman–Crippen MR) is 205 cm³/mol. The Balaban J connectivity index is 1.25. The van der Waals surface area contributed by atoms with Crippen LogP contribution in [0.3, 0.4) is 0 Å². The van der Waals surface area contributed by atoms with Gasteiger partial charge in [-0.15, -0.1) is 0 Å². The maximum Gasteiger partial charge on any atom is 0.164 e. The summed E-state index contributed by atoms with van der Waals surface area (Å²) in [5.41, 5.74) is 8.56. The first kappa shape index (κ1) is 29.7. The number of rotatable bonds is 6. The van der Waals surface area contributed by atoms with Crippen LogP contribution in [0, 0.1) is 5.92 Å². The molecule has 0 amide bonds. The van der Waals surface area contributed by atoms with Crippen molar-refractivity contribution in [1.29, 1.82) is 0 Å². The molecule has 6 aromatic carbocycles. The van der Waals surface area contributed by atoms with Gasteiger partial charge < -0.3 is 4.90 Å². The molecule has 0 radical (unpaired) electrons. The number of pyridine rings is 1. The van der Waals surface area contributed by atoms with Gasteiger partial charge in [0, 0.05) is 46.0 Å². The molecule has 2 heterocycles. The van der Waals surface area contributed by atoms with Crippen LogP contribution in [0.5, 0.6) is 0 Å². The third kappa shape index (κ3) is 5.39. The molecule has 5 nitrogen and oxygen atoms in total. The van der Waals surface area contributed by atoms with E-state index in [1.54, 1.807) is 0 Å². The van der Waals surface area contributed by atoms with Crippen molar-refractivity contribution in [2.45, 2.75) is 13.3 Å². The molecule has 8 aromatic rings. The topological polar surface area (TPSA) is 54.8 Å². The highest BCUT2D eigenvalue weighted by molar-refractivity contribution is 5.98. The fourth-order valence-electron chi connectivity index (χ4n) is 7.17. The number of hydrogen-bond acceptors (Lipinski definition) is 5. The van der Waals surface area contributed by atoms with Crippen molar-refractivity contribution in [3.63, 3.8) is 0 Å². The first-order valence-electron chi connectivity index (χ1n) is 17.0. The Kier molecular flexibility index (Phi) is 7.43. The molecule has 238 valence electrons. The fourth-order valence-corrected chi connectivity index (χ4v) is 7.17. The second-order valence-electron chi connectivity index (χ2n) is 12.8. The molecule has 1 atom stereocenters. The van der Waals surface area contributed by atoms with Gasteiger partial charge in [-0.25, -0.2) is 15.0 Å². The summed E-state index contributed by atoms with van der Waals surface area (Å²) < 4.78 is 0. The van der Waals surface area contributed by atoms with Crippen LogP contribution in [-0.2, 0) is 6.42 Å². The molecule has 0 bridgehead atoms. The molecule has 1 aliphatic carbocycles. The molecule has 9 rings (SSSR count). The van der Waals surface area contributed by atoms with Crippen LogP contribution in [0.15, 0.2) is 164 Å². The molecule has 0 aliphatic heterocycles. The summed E-state index contributed by atoms with van der Waals surface area (Å²) in [5.74, 6) is 2.28. The highest BCUT2D eigenvalue weighted by Crippen LogP contribution is 2.41. The lowest BCUT2D eigenvalue weighted by Gasteiger charge is -2.32. The second-order valence-corrected chi connectivity index (χ2v) is 12.8. The van der Waals surface area contributed by atoms with Gasteiger partial charge >= 0.3 is 0 Å². The van der Waals surface area contributed by atoms with Crippen LogP contribution in [0.4, 0.5) is 11.4 Å². The van der Waals surface area contributed by atoms with E-state index < -0.39 is 0 Å². The first-order chi connectivity index (χ1) is 24.7. The Morgan fingerprint density at radius 3 is 1.82 bits per heavy atom. The van der Waals surface area contributed by atoms with Crippen LogP contribution >= 0.6 is 0 Å². The third-order valence-corrected chi connectivity index (χ3v) is 9.48. The Bertz CT molecular complexity index is 2450. The van der Waals surface area contributed by atoms with Gasteiger partial charge in [0.05, 0.1) is 5.70 Å². The quantitative estimate of drug-likeness (QED) is 0.180. The van der Waals surface area contributed by atoms with E-state index in [1.807, 2.05) is 12.4 Å². The summed E-state index contributed by atoms with van der Waals surface area (Å²) in [6.07, 6.45) is 7.24. The zero-order chi connectivity index (χ0) is 33.4. The zero-order valence-electron chi connectivity index (χ0n) is 27.6. The van der Waals surface area contributed by atoms with E-state index in [9.17, 15) is 0 Å². The third-order valence-electron chi connectivity index (χ3n) is 9.48. The zero-order valence-corrected chi connectivity index (χ0v) is 27.6. The van der Waals surface area contributed by atoms with E-state index in [0.717, 1.165) is 61.7 Å². The summed E-state index contributed by atoms with van der Waals surface area (Å²) in [6, 6.07) is 50.6. The van der Waals surface area contributed by atoms with Crippen LogP contribution in [0.2, 0.25) is 0 Å². The van der Waals surface area contributed by atoms with Crippen LogP contribution < -0.4 is 4.90 Å². The maximum atomic E-state index is 5.20. The fraction of sp³-hybridized carbons (Fsp3) is 0.0667. The lowest BCUT2D eigenvalue weighted by molar-refractivity contribution is 0.708. The van der Waals surface area contributed by atoms with E-state index in [4.69, 9.17) is 15.0 Å². The van der Waals surface area contributed by atoms with Crippen molar-refractivity contribution in [2.75, 3.05) is 4.90 Å². The smallest absolute Gasteiger partial charge is 0.164 e. The van der Waals surface area contributed by atoms with Gasteiger partial charge in [-0.05, 0) is 69.8 Å². The van der Waals surface area contributed by atoms with E-state index in [2.05, 4.69) is 168 Å². The largest absolute Gasteiger partial charge is 0.310 e. The summed E-state index contributed by atoms with van der Waals surface area (Å²) in [6.45, 7) is 2.27. The normalized spacial score (nSPS) is 13.9. The highest BCUT2D eigenvalue weighted by atomic mass is 15.2. The minimum Gasteiger partial charge on any atom is -0.310 e. The highest BCUT2D eigenvalue weighted by Gasteiger charge is 2.25. The Morgan fingerprint density at radius 1 is 0.540 bits per heavy atom. The van der Waals surface area contributed by atoms with Gasteiger partial charge in [0.1, 0.15) is 0 Å². The van der Waals surface area contributed by atoms with Gasteiger partial charge in [0.25, 0.3) is 0 Å². The minimum absolute atomic E-state index is 0.367. The molecule has 1 aliphatic rings. The van der Waals surface area contributed by atoms with Gasteiger partial charge in [0.15, 0.2) is 17.5 Å². The lowest BCUT2D eigenvalue weighted by atomic mass is 9.89. The average Bonchev–Trinajstić information content (AvgIpc) is 3.18. The molecule has 2 aromatic heterocycles. The predicted octanol–water partition coefficient (Wildman–Crippen LogP) is 10.9. The molecular formula is C45H33N5. The molecule has 0 saturated heterocycles. The second kappa shape index (κ2) is 12.5. The minimum atomic E-state index is 0.367. The first-order valence-corrected chi connectivity index (χ1v) is 17.0. The van der Waals surface area contributed by atoms with Crippen molar-refractivity contribution < 1.29 is 0 Å². The summed E-state index contributed by atoms with van der Waals surface area (Å²) in [4.78, 5) is 22.4. The Hall–Kier alpha value is -6.46. The summed E-state index contributed by atoms with van der Waals surface area (Å²) >= 11 is 0. The van der Waals surface area contributed by atoms with Crippen molar-refractivity contribution in [3.05, 3.63) is 175 Å². The molecule has 0 spiro atoms. The molecule has 50 heavy (non-hydrogen) atoms. The number of fused-ring (bicyclic) bond motifs is 3. The number of allylic oxidation sites excluding steroid dienone is 1. The van der Waals surface area contributed by atoms with Crippen LogP contribution in [0.1, 0.15) is 18.1 Å². The van der Waals surface area contributed by atoms with Crippen molar-refractivity contribution in [3.8, 4) is 34.2 Å². The standard InChI is InChI=1S/C45H33N5/c1-30-26-34-29-46-25-24-39(34)42(27-30)50(35-17-3-2-4-18-35)36-19-9-16-33(28-36)43-47-44(40-22-10-14-31-12-5-7-20-37(31)40)49-45(48-43)41-23-11-15-32-13-6-8-21-38(32)41/h2-25,27-30H,26H2,1H3. The average molecular weight is 644 g/mol. The molecule has 0 N–H and O–H groups in total. The lowest BCUT2D eigenvalue weighted by Crippen LogP contribution is -2.21. The number of para-hydroxylation sites is 1. The van der Waals surface area contributed by atoms with Crippen LogP contribution in [0.25, 0.3) is 61.4 Å². The maximum absolute atomic E-state index is 5.20. The van der Waals surface area contributed by atoms with Crippen molar-refractivity contribution >= 4 is 38.6 Å². The van der Waals surface area contributed by atoms with Gasteiger partial charge in [-0.2, -0.15) is 0 Å². The van der Waals surface area contributed by atoms with Gasteiger partial charge in [0.2, 0.25) is 0 Å². The van der Waals surface area contributed by atoms with Gasteiger partial charge in [-0.1, -0.05) is 128 Å². The van der Waals surface area contributed by atoms with E-state index in [0.29, 0.717) is 23.4 Å². The SMILES string of the molecule is CC1C=C(N(c2ccccc2)c2cccc(-c3nc(-c4cccc5ccccc45)nc(-c4cccc5ccccc45)n3)c2)c2ccncc2C1. The van der Waals surface area contributed by atoms with E-state index in [-0.39, 0.29) is 0 Å². The van der Waals surface area contributed by atoms with Gasteiger partial charge in [-0.3, -0.25) is 4.98 Å². The molecule has 5 heteroatoms. The number of nitrogens with zero attached hydrogens (tertiary/aromatic N) is 5. The Morgan fingerprint density at radius 2 is 1.12 bits per heavy atom. The van der Waals surface area contributed by atoms with Crippen molar-refractivity contribution in [2.24, 2.45) is 5.92 Å². The van der Waals surface area contributed by atoms with Crippen molar-refractivity contribution in [1.82, 2.24) is 19.9 Å². The number of hydrogen-bond donors (Lipinski definition) is 0.